The molecule has 1 amide bonds. The van der Waals surface area contributed by atoms with E-state index in [1.165, 1.54) is 0 Å². The molecular weight excluding hydrogens is 188 g/mol. The lowest BCUT2D eigenvalue weighted by Gasteiger charge is -2.08. The quantitative estimate of drug-likeness (QED) is 0.471. The molecule has 0 aromatic heterocycles. The lowest BCUT2D eigenvalue weighted by atomic mass is 10.3. The Hall–Kier alpha value is -0.260. The molecule has 5 heteroatoms. The predicted molar refractivity (Wildman–Crippen MR) is 55.7 cm³/mol. The molecule has 0 saturated carbocycles. The number of nitrogens with one attached hydrogen (secondary N) is 1. The summed E-state index contributed by atoms with van der Waals surface area (Å²) in [5, 5.41) is 11.5. The van der Waals surface area contributed by atoms with Crippen LogP contribution in [0.1, 0.15) is 13.3 Å². The van der Waals surface area contributed by atoms with Gasteiger partial charge in [0.1, 0.15) is 0 Å². The number of primary amides is 1. The van der Waals surface area contributed by atoms with Crippen LogP contribution in [-0.2, 0) is 4.79 Å². The van der Waals surface area contributed by atoms with E-state index in [1.54, 1.807) is 18.7 Å². The highest BCUT2D eigenvalue weighted by Gasteiger charge is 2.05. The molecule has 1 atom stereocenters. The number of aliphatic hydroxyl groups is 1. The summed E-state index contributed by atoms with van der Waals surface area (Å²) in [6.45, 7) is 2.78. The number of carbonyl (C=O) groups excluding carboxylic acids is 1. The van der Waals surface area contributed by atoms with Crippen LogP contribution in [0.3, 0.4) is 0 Å². The van der Waals surface area contributed by atoms with Gasteiger partial charge in [-0.2, -0.15) is 11.8 Å². The van der Waals surface area contributed by atoms with Gasteiger partial charge in [0.2, 0.25) is 5.91 Å². The van der Waals surface area contributed by atoms with Gasteiger partial charge in [-0.05, 0) is 19.1 Å². The fourth-order valence-corrected chi connectivity index (χ4v) is 1.52. The average molecular weight is 206 g/mol. The summed E-state index contributed by atoms with van der Waals surface area (Å²) in [4.78, 5) is 10.6. The average Bonchev–Trinajstić information content (AvgIpc) is 2.10. The standard InChI is InChI=1S/C8H18N2O2S/c1-7(8(9)12)10-3-6-13-5-2-4-11/h7,10-11H,2-6H2,1H3,(H2,9,12). The Morgan fingerprint density at radius 1 is 1.62 bits per heavy atom. The highest BCUT2D eigenvalue weighted by atomic mass is 32.2. The second-order valence-corrected chi connectivity index (χ2v) is 3.99. The van der Waals surface area contributed by atoms with Gasteiger partial charge in [-0.3, -0.25) is 4.79 Å². The minimum atomic E-state index is -0.319. The smallest absolute Gasteiger partial charge is 0.234 e. The lowest BCUT2D eigenvalue weighted by Crippen LogP contribution is -2.39. The van der Waals surface area contributed by atoms with Crippen molar-refractivity contribution >= 4 is 17.7 Å². The summed E-state index contributed by atoms with van der Waals surface area (Å²) in [5.74, 6) is 1.58. The molecule has 0 aromatic carbocycles. The number of hydrogen-bond donors (Lipinski definition) is 3. The molecule has 0 aliphatic rings. The molecule has 0 aromatic rings. The molecule has 0 fully saturated rings. The fraction of sp³-hybridized carbons (Fsp3) is 0.875. The largest absolute Gasteiger partial charge is 0.396 e. The molecule has 13 heavy (non-hydrogen) atoms. The zero-order chi connectivity index (χ0) is 10.1. The second-order valence-electron chi connectivity index (χ2n) is 2.77. The first-order valence-electron chi connectivity index (χ1n) is 4.39. The van der Waals surface area contributed by atoms with Gasteiger partial charge in [0.15, 0.2) is 0 Å². The van der Waals surface area contributed by atoms with Crippen LogP contribution in [0.25, 0.3) is 0 Å². The van der Waals surface area contributed by atoms with Crippen LogP contribution in [-0.4, -0.2) is 41.7 Å². The minimum Gasteiger partial charge on any atom is -0.396 e. The normalized spacial score (nSPS) is 12.8. The molecule has 0 spiro atoms. The van der Waals surface area contributed by atoms with E-state index in [4.69, 9.17) is 10.8 Å². The van der Waals surface area contributed by atoms with E-state index in [0.717, 1.165) is 24.5 Å². The van der Waals surface area contributed by atoms with E-state index in [0.29, 0.717) is 0 Å². The minimum absolute atomic E-state index is 0.248. The Labute approximate surface area is 83.3 Å². The summed E-state index contributed by atoms with van der Waals surface area (Å²) in [6.07, 6.45) is 0.829. The third-order valence-electron chi connectivity index (χ3n) is 1.57. The number of rotatable bonds is 8. The predicted octanol–water partition coefficient (Wildman–Crippen LogP) is -0.435. The van der Waals surface area contributed by atoms with Gasteiger partial charge in [-0.1, -0.05) is 0 Å². The van der Waals surface area contributed by atoms with Gasteiger partial charge in [0, 0.05) is 18.9 Å². The van der Waals surface area contributed by atoms with E-state index in [9.17, 15) is 4.79 Å². The van der Waals surface area contributed by atoms with Gasteiger partial charge in [0.05, 0.1) is 6.04 Å². The van der Waals surface area contributed by atoms with Crippen LogP contribution in [0.15, 0.2) is 0 Å². The van der Waals surface area contributed by atoms with E-state index in [-0.39, 0.29) is 18.6 Å². The maximum absolute atomic E-state index is 10.6. The van der Waals surface area contributed by atoms with Crippen LogP contribution in [0.2, 0.25) is 0 Å². The molecule has 0 rings (SSSR count). The van der Waals surface area contributed by atoms with Crippen molar-refractivity contribution in [2.45, 2.75) is 19.4 Å². The van der Waals surface area contributed by atoms with Crippen molar-refractivity contribution in [1.29, 1.82) is 0 Å². The van der Waals surface area contributed by atoms with Crippen LogP contribution < -0.4 is 11.1 Å². The van der Waals surface area contributed by atoms with Crippen molar-refractivity contribution in [3.63, 3.8) is 0 Å². The Morgan fingerprint density at radius 2 is 2.31 bits per heavy atom. The van der Waals surface area contributed by atoms with Crippen molar-refractivity contribution in [2.75, 3.05) is 24.7 Å². The first kappa shape index (κ1) is 12.7. The van der Waals surface area contributed by atoms with Gasteiger partial charge in [0.25, 0.3) is 0 Å². The SMILES string of the molecule is CC(NCCSCCCO)C(N)=O. The van der Waals surface area contributed by atoms with Gasteiger partial charge in [-0.15, -0.1) is 0 Å². The molecule has 0 radical (unpaired) electrons. The van der Waals surface area contributed by atoms with Crippen molar-refractivity contribution in [3.8, 4) is 0 Å². The Balaban J connectivity index is 3.11. The molecule has 78 valence electrons. The number of carbonyl (C=O) groups is 1. The molecule has 4 N–H and O–H groups in total. The summed E-state index contributed by atoms with van der Waals surface area (Å²) in [7, 11) is 0. The highest BCUT2D eigenvalue weighted by molar-refractivity contribution is 7.99. The van der Waals surface area contributed by atoms with E-state index < -0.39 is 0 Å². The molecule has 0 aliphatic heterocycles. The Kier molecular flexibility index (Phi) is 8.18. The highest BCUT2D eigenvalue weighted by Crippen LogP contribution is 2.00. The first-order valence-corrected chi connectivity index (χ1v) is 5.55. The third kappa shape index (κ3) is 8.08. The fourth-order valence-electron chi connectivity index (χ4n) is 0.717. The summed E-state index contributed by atoms with van der Waals surface area (Å²) < 4.78 is 0. The van der Waals surface area contributed by atoms with Gasteiger partial charge < -0.3 is 16.2 Å². The van der Waals surface area contributed by atoms with Crippen LogP contribution in [0.5, 0.6) is 0 Å². The van der Waals surface area contributed by atoms with Crippen molar-refractivity contribution in [1.82, 2.24) is 5.32 Å². The third-order valence-corrected chi connectivity index (χ3v) is 2.64. The zero-order valence-electron chi connectivity index (χ0n) is 7.95. The lowest BCUT2D eigenvalue weighted by molar-refractivity contribution is -0.119. The maximum Gasteiger partial charge on any atom is 0.234 e. The second kappa shape index (κ2) is 8.34. The van der Waals surface area contributed by atoms with E-state index in [2.05, 4.69) is 5.32 Å². The Bertz CT molecular complexity index is 144. The van der Waals surface area contributed by atoms with Crippen molar-refractivity contribution in [2.24, 2.45) is 5.73 Å². The van der Waals surface area contributed by atoms with Crippen LogP contribution in [0, 0.1) is 0 Å². The first-order chi connectivity index (χ1) is 6.18. The topological polar surface area (TPSA) is 75.3 Å². The van der Waals surface area contributed by atoms with Crippen LogP contribution in [0.4, 0.5) is 0 Å². The van der Waals surface area contributed by atoms with Crippen molar-refractivity contribution in [3.05, 3.63) is 0 Å². The molecular formula is C8H18N2O2S. The van der Waals surface area contributed by atoms with Crippen LogP contribution >= 0.6 is 11.8 Å². The number of aliphatic hydroxyl groups excluding tert-OH is 1. The molecule has 0 aliphatic carbocycles. The summed E-state index contributed by atoms with van der Waals surface area (Å²) in [5.41, 5.74) is 5.06. The van der Waals surface area contributed by atoms with E-state index >= 15 is 0 Å². The Morgan fingerprint density at radius 3 is 2.85 bits per heavy atom. The number of hydrogen-bond acceptors (Lipinski definition) is 4. The number of nitrogens with two attached hydrogens (primary N) is 1. The number of amides is 1. The molecule has 1 unspecified atom stereocenters. The van der Waals surface area contributed by atoms with Gasteiger partial charge >= 0.3 is 0 Å². The summed E-state index contributed by atoms with van der Waals surface area (Å²) >= 11 is 1.76. The van der Waals surface area contributed by atoms with Gasteiger partial charge in [-0.25, -0.2) is 0 Å². The molecule has 0 heterocycles. The maximum atomic E-state index is 10.6. The summed E-state index contributed by atoms with van der Waals surface area (Å²) in [6, 6.07) is -0.251. The van der Waals surface area contributed by atoms with Crippen molar-refractivity contribution < 1.29 is 9.90 Å². The molecule has 0 saturated heterocycles. The number of thioether (sulfide) groups is 1. The van der Waals surface area contributed by atoms with E-state index in [1.807, 2.05) is 0 Å². The zero-order valence-corrected chi connectivity index (χ0v) is 8.77. The molecule has 0 bridgehead atoms. The monoisotopic (exact) mass is 206 g/mol. The molecule has 4 nitrogen and oxygen atoms in total.